The molecule has 0 saturated heterocycles. The minimum atomic E-state index is -0.630. The number of hydrogen-bond acceptors (Lipinski definition) is 3. The van der Waals surface area contributed by atoms with E-state index in [0.717, 1.165) is 12.8 Å². The first-order chi connectivity index (χ1) is 8.13. The zero-order valence-electron chi connectivity index (χ0n) is 9.97. The highest BCUT2D eigenvalue weighted by atomic mass is 16.5. The molecule has 1 unspecified atom stereocenters. The average molecular weight is 236 g/mol. The summed E-state index contributed by atoms with van der Waals surface area (Å²) in [6.45, 7) is 1.61. The summed E-state index contributed by atoms with van der Waals surface area (Å²) in [7, 11) is 1.30. The quantitative estimate of drug-likeness (QED) is 0.797. The lowest BCUT2D eigenvalue weighted by Gasteiger charge is -2.13. The molecule has 5 nitrogen and oxygen atoms in total. The van der Waals surface area contributed by atoms with E-state index in [2.05, 4.69) is 10.1 Å². The van der Waals surface area contributed by atoms with Crippen molar-refractivity contribution in [1.29, 1.82) is 0 Å². The van der Waals surface area contributed by atoms with Gasteiger partial charge in [-0.05, 0) is 31.9 Å². The molecular formula is C12H16N2O3. The smallest absolute Gasteiger partial charge is 0.328 e. The predicted molar refractivity (Wildman–Crippen MR) is 61.6 cm³/mol. The van der Waals surface area contributed by atoms with Crippen LogP contribution in [0.5, 0.6) is 0 Å². The van der Waals surface area contributed by atoms with Crippen LogP contribution in [0, 0.1) is 0 Å². The van der Waals surface area contributed by atoms with Gasteiger partial charge in [-0.15, -0.1) is 0 Å². The molecule has 1 aliphatic rings. The van der Waals surface area contributed by atoms with Gasteiger partial charge in [0.2, 0.25) is 0 Å². The monoisotopic (exact) mass is 236 g/mol. The molecule has 0 radical (unpaired) electrons. The molecule has 1 heterocycles. The van der Waals surface area contributed by atoms with Crippen LogP contribution in [0.4, 0.5) is 0 Å². The predicted octanol–water partition coefficient (Wildman–Crippen LogP) is 1.11. The third-order valence-electron chi connectivity index (χ3n) is 2.85. The van der Waals surface area contributed by atoms with E-state index in [-0.39, 0.29) is 5.91 Å². The molecule has 0 bridgehead atoms. The third-order valence-corrected chi connectivity index (χ3v) is 2.85. The molecule has 17 heavy (non-hydrogen) atoms. The number of nitrogens with one attached hydrogen (secondary N) is 1. The number of aromatic nitrogens is 1. The van der Waals surface area contributed by atoms with Crippen molar-refractivity contribution in [1.82, 2.24) is 9.88 Å². The SMILES string of the molecule is COC(=O)C(C)NC(=O)c1cccn1C1CC1. The van der Waals surface area contributed by atoms with Gasteiger partial charge in [-0.2, -0.15) is 0 Å². The number of carbonyl (C=O) groups is 2. The van der Waals surface area contributed by atoms with E-state index in [0.29, 0.717) is 11.7 Å². The Kier molecular flexibility index (Phi) is 3.17. The van der Waals surface area contributed by atoms with E-state index >= 15 is 0 Å². The summed E-state index contributed by atoms with van der Waals surface area (Å²) in [4.78, 5) is 23.2. The molecule has 0 spiro atoms. The molecule has 92 valence electrons. The van der Waals surface area contributed by atoms with E-state index in [1.165, 1.54) is 7.11 Å². The molecule has 5 heteroatoms. The first kappa shape index (κ1) is 11.7. The number of nitrogens with zero attached hydrogens (tertiary/aromatic N) is 1. The zero-order valence-corrected chi connectivity index (χ0v) is 9.97. The van der Waals surface area contributed by atoms with Crippen LogP contribution >= 0.6 is 0 Å². The first-order valence-corrected chi connectivity index (χ1v) is 5.69. The highest BCUT2D eigenvalue weighted by Gasteiger charge is 2.27. The number of hydrogen-bond donors (Lipinski definition) is 1. The maximum Gasteiger partial charge on any atom is 0.328 e. The fourth-order valence-electron chi connectivity index (χ4n) is 1.76. The van der Waals surface area contributed by atoms with Crippen LogP contribution in [-0.4, -0.2) is 29.6 Å². The maximum atomic E-state index is 11.9. The van der Waals surface area contributed by atoms with Gasteiger partial charge in [-0.3, -0.25) is 4.79 Å². The number of esters is 1. The average Bonchev–Trinajstić information content (AvgIpc) is 3.05. The van der Waals surface area contributed by atoms with Gasteiger partial charge in [0.25, 0.3) is 5.91 Å². The van der Waals surface area contributed by atoms with Gasteiger partial charge in [0.15, 0.2) is 0 Å². The summed E-state index contributed by atoms with van der Waals surface area (Å²) in [6, 6.07) is 3.42. The molecule has 0 aromatic carbocycles. The summed E-state index contributed by atoms with van der Waals surface area (Å²) in [5.74, 6) is -0.678. The van der Waals surface area contributed by atoms with Crippen molar-refractivity contribution >= 4 is 11.9 Å². The Balaban J connectivity index is 2.04. The summed E-state index contributed by atoms with van der Waals surface area (Å²) in [5.41, 5.74) is 0.600. The maximum absolute atomic E-state index is 11.9. The standard InChI is InChI=1S/C12H16N2O3/c1-8(12(16)17-2)13-11(15)10-4-3-7-14(10)9-5-6-9/h3-4,7-9H,5-6H2,1-2H3,(H,13,15). The molecule has 1 aliphatic carbocycles. The van der Waals surface area contributed by atoms with Gasteiger partial charge in [-0.25, -0.2) is 4.79 Å². The van der Waals surface area contributed by atoms with Gasteiger partial charge in [0.05, 0.1) is 7.11 Å². The Labute approximate surface area is 99.8 Å². The number of rotatable bonds is 4. The van der Waals surface area contributed by atoms with Gasteiger partial charge >= 0.3 is 5.97 Å². The Bertz CT molecular complexity index is 435. The van der Waals surface area contributed by atoms with Crippen molar-refractivity contribution < 1.29 is 14.3 Å². The van der Waals surface area contributed by atoms with Crippen LogP contribution in [0.25, 0.3) is 0 Å². The lowest BCUT2D eigenvalue weighted by molar-refractivity contribution is -0.142. The molecule has 0 aliphatic heterocycles. The van der Waals surface area contributed by atoms with E-state index in [1.807, 2.05) is 16.8 Å². The van der Waals surface area contributed by atoms with Crippen LogP contribution in [0.1, 0.15) is 36.3 Å². The van der Waals surface area contributed by atoms with E-state index in [1.54, 1.807) is 13.0 Å². The summed E-state index contributed by atoms with van der Waals surface area (Å²) in [5, 5.41) is 2.62. The van der Waals surface area contributed by atoms with Crippen molar-refractivity contribution in [2.75, 3.05) is 7.11 Å². The summed E-state index contributed by atoms with van der Waals surface area (Å²) in [6.07, 6.45) is 4.12. The largest absolute Gasteiger partial charge is 0.467 e. The first-order valence-electron chi connectivity index (χ1n) is 5.69. The highest BCUT2D eigenvalue weighted by molar-refractivity contribution is 5.95. The zero-order chi connectivity index (χ0) is 12.4. The van der Waals surface area contributed by atoms with Crippen LogP contribution in [0.3, 0.4) is 0 Å². The third kappa shape index (κ3) is 2.49. The number of amides is 1. The number of ether oxygens (including phenoxy) is 1. The molecule has 1 fully saturated rings. The molecule has 1 atom stereocenters. The van der Waals surface area contributed by atoms with Crippen LogP contribution in [0.2, 0.25) is 0 Å². The molecular weight excluding hydrogens is 220 g/mol. The molecule has 1 N–H and O–H groups in total. The number of methoxy groups -OCH3 is 1. The Hall–Kier alpha value is -1.78. The van der Waals surface area contributed by atoms with Crippen LogP contribution in [-0.2, 0) is 9.53 Å². The van der Waals surface area contributed by atoms with Gasteiger partial charge in [-0.1, -0.05) is 0 Å². The van der Waals surface area contributed by atoms with Gasteiger partial charge < -0.3 is 14.6 Å². The van der Waals surface area contributed by atoms with E-state index in [9.17, 15) is 9.59 Å². The van der Waals surface area contributed by atoms with Crippen molar-refractivity contribution in [2.24, 2.45) is 0 Å². The Morgan fingerprint density at radius 2 is 2.24 bits per heavy atom. The fourth-order valence-corrected chi connectivity index (χ4v) is 1.76. The summed E-state index contributed by atoms with van der Waals surface area (Å²) < 4.78 is 6.52. The highest BCUT2D eigenvalue weighted by Crippen LogP contribution is 2.35. The Morgan fingerprint density at radius 1 is 1.53 bits per heavy atom. The molecule has 1 saturated carbocycles. The molecule has 1 aromatic rings. The normalized spacial score (nSPS) is 16.4. The van der Waals surface area contributed by atoms with E-state index in [4.69, 9.17) is 0 Å². The Morgan fingerprint density at radius 3 is 2.82 bits per heavy atom. The minimum absolute atomic E-state index is 0.236. The van der Waals surface area contributed by atoms with Gasteiger partial charge in [0.1, 0.15) is 11.7 Å². The molecule has 2 rings (SSSR count). The lowest BCUT2D eigenvalue weighted by atomic mass is 10.3. The van der Waals surface area contributed by atoms with Crippen molar-refractivity contribution in [3.05, 3.63) is 24.0 Å². The van der Waals surface area contributed by atoms with Crippen molar-refractivity contribution in [3.8, 4) is 0 Å². The summed E-state index contributed by atoms with van der Waals surface area (Å²) >= 11 is 0. The second-order valence-corrected chi connectivity index (χ2v) is 4.25. The second-order valence-electron chi connectivity index (χ2n) is 4.25. The van der Waals surface area contributed by atoms with Crippen LogP contribution in [0.15, 0.2) is 18.3 Å². The second kappa shape index (κ2) is 4.61. The van der Waals surface area contributed by atoms with Crippen molar-refractivity contribution in [3.63, 3.8) is 0 Å². The molecule has 1 aromatic heterocycles. The fraction of sp³-hybridized carbons (Fsp3) is 0.500. The van der Waals surface area contributed by atoms with Gasteiger partial charge in [0, 0.05) is 12.2 Å². The minimum Gasteiger partial charge on any atom is -0.467 e. The number of carbonyl (C=O) groups excluding carboxylic acids is 2. The van der Waals surface area contributed by atoms with Crippen molar-refractivity contribution in [2.45, 2.75) is 31.8 Å². The topological polar surface area (TPSA) is 60.3 Å². The van der Waals surface area contributed by atoms with Crippen LogP contribution < -0.4 is 5.32 Å². The molecule has 1 amide bonds. The lowest BCUT2D eigenvalue weighted by Crippen LogP contribution is -2.39. The van der Waals surface area contributed by atoms with E-state index < -0.39 is 12.0 Å².